The summed E-state index contributed by atoms with van der Waals surface area (Å²) in [4.78, 5) is 0. The van der Waals surface area contributed by atoms with Crippen molar-refractivity contribution in [1.29, 1.82) is 10.5 Å². The first-order chi connectivity index (χ1) is 5.80. The fourth-order valence-corrected chi connectivity index (χ4v) is 0.985. The van der Waals surface area contributed by atoms with Crippen LogP contribution in [0.1, 0.15) is 16.7 Å². The van der Waals surface area contributed by atoms with Gasteiger partial charge in [-0.1, -0.05) is 12.2 Å². The Bertz CT molecular complexity index is 364. The molecule has 2 nitrogen and oxygen atoms in total. The number of nitrogens with zero attached hydrogens (tertiary/aromatic N) is 2. The summed E-state index contributed by atoms with van der Waals surface area (Å²) in [7, 11) is 0. The molecule has 0 aliphatic rings. The second-order valence-corrected chi connectivity index (χ2v) is 2.42. The number of nitriles is 2. The molecule has 0 fully saturated rings. The Balaban J connectivity index is 3.33. The summed E-state index contributed by atoms with van der Waals surface area (Å²) in [6, 6.07) is 8.74. The molecule has 0 saturated carbocycles. The van der Waals surface area contributed by atoms with Gasteiger partial charge in [-0.25, -0.2) is 0 Å². The second kappa shape index (κ2) is 3.61. The van der Waals surface area contributed by atoms with Crippen LogP contribution < -0.4 is 0 Å². The van der Waals surface area contributed by atoms with E-state index in [4.69, 9.17) is 10.5 Å². The van der Waals surface area contributed by atoms with Crippen LogP contribution in [-0.4, -0.2) is 5.37 Å². The molecular weight excluding hydrogens is 168 g/mol. The number of hydrogen-bond acceptors (Lipinski definition) is 3. The Morgan fingerprint density at radius 2 is 1.58 bits per heavy atom. The van der Waals surface area contributed by atoms with E-state index in [1.54, 1.807) is 12.1 Å². The Morgan fingerprint density at radius 1 is 1.08 bits per heavy atom. The van der Waals surface area contributed by atoms with Crippen LogP contribution >= 0.6 is 12.2 Å². The molecule has 0 aromatic heterocycles. The summed E-state index contributed by atoms with van der Waals surface area (Å²) in [6.45, 7) is 0. The van der Waals surface area contributed by atoms with Crippen molar-refractivity contribution >= 4 is 17.6 Å². The zero-order chi connectivity index (χ0) is 8.97. The Hall–Kier alpha value is -1.71. The molecule has 3 heteroatoms. The van der Waals surface area contributed by atoms with Crippen molar-refractivity contribution in [2.75, 3.05) is 0 Å². The van der Waals surface area contributed by atoms with Gasteiger partial charge in [-0.2, -0.15) is 10.5 Å². The lowest BCUT2D eigenvalue weighted by molar-refractivity contribution is 1.44. The van der Waals surface area contributed by atoms with Crippen molar-refractivity contribution in [2.24, 2.45) is 0 Å². The molecule has 56 valence electrons. The SMILES string of the molecule is N#Cc1cc(C#N)cc(C=S)c1. The highest BCUT2D eigenvalue weighted by atomic mass is 32.1. The van der Waals surface area contributed by atoms with Crippen molar-refractivity contribution in [3.63, 3.8) is 0 Å². The smallest absolute Gasteiger partial charge is 0.0992 e. The molecule has 0 saturated heterocycles. The minimum absolute atomic E-state index is 0.463. The Labute approximate surface area is 75.7 Å². The summed E-state index contributed by atoms with van der Waals surface area (Å²) < 4.78 is 0. The average molecular weight is 172 g/mol. The summed E-state index contributed by atoms with van der Waals surface area (Å²) in [5.41, 5.74) is 1.65. The first-order valence-electron chi connectivity index (χ1n) is 3.20. The normalized spacial score (nSPS) is 8.17. The van der Waals surface area contributed by atoms with Gasteiger partial charge in [0.25, 0.3) is 0 Å². The van der Waals surface area contributed by atoms with Crippen molar-refractivity contribution in [3.05, 3.63) is 34.9 Å². The van der Waals surface area contributed by atoms with E-state index in [-0.39, 0.29) is 0 Å². The third kappa shape index (κ3) is 1.66. The summed E-state index contributed by atoms with van der Waals surface area (Å²) >= 11 is 4.69. The molecule has 0 aliphatic heterocycles. The number of rotatable bonds is 1. The van der Waals surface area contributed by atoms with Crippen LogP contribution in [0.4, 0.5) is 0 Å². The van der Waals surface area contributed by atoms with Gasteiger partial charge in [0.2, 0.25) is 0 Å². The lowest BCUT2D eigenvalue weighted by Gasteiger charge is -1.93. The minimum atomic E-state index is 0.463. The third-order valence-electron chi connectivity index (χ3n) is 1.35. The van der Waals surface area contributed by atoms with Crippen LogP contribution in [0.25, 0.3) is 0 Å². The van der Waals surface area contributed by atoms with Crippen LogP contribution in [-0.2, 0) is 0 Å². The van der Waals surface area contributed by atoms with Gasteiger partial charge >= 0.3 is 0 Å². The van der Waals surface area contributed by atoms with Crippen molar-refractivity contribution < 1.29 is 0 Å². The predicted molar refractivity (Wildman–Crippen MR) is 48.6 cm³/mol. The first-order valence-corrected chi connectivity index (χ1v) is 3.68. The molecule has 1 rings (SSSR count). The first kappa shape index (κ1) is 8.39. The number of hydrogen-bond donors (Lipinski definition) is 0. The lowest BCUT2D eigenvalue weighted by atomic mass is 10.1. The molecule has 0 spiro atoms. The van der Waals surface area contributed by atoms with Crippen LogP contribution in [0.3, 0.4) is 0 Å². The van der Waals surface area contributed by atoms with Crippen molar-refractivity contribution in [3.8, 4) is 12.1 Å². The van der Waals surface area contributed by atoms with Gasteiger partial charge in [0.05, 0.1) is 23.3 Å². The highest BCUT2D eigenvalue weighted by Crippen LogP contribution is 2.07. The molecule has 0 bridgehead atoms. The molecule has 0 aliphatic carbocycles. The molecule has 0 atom stereocenters. The lowest BCUT2D eigenvalue weighted by Crippen LogP contribution is -1.84. The van der Waals surface area contributed by atoms with E-state index < -0.39 is 0 Å². The summed E-state index contributed by atoms with van der Waals surface area (Å²) in [5.74, 6) is 0. The molecule has 0 heterocycles. The minimum Gasteiger partial charge on any atom is -0.192 e. The molecule has 0 amide bonds. The van der Waals surface area contributed by atoms with Gasteiger partial charge in [-0.05, 0) is 23.8 Å². The van der Waals surface area contributed by atoms with Gasteiger partial charge in [-0.15, -0.1) is 0 Å². The topological polar surface area (TPSA) is 47.6 Å². The highest BCUT2D eigenvalue weighted by Gasteiger charge is 1.97. The molecule has 0 N–H and O–H groups in total. The Kier molecular flexibility index (Phi) is 2.53. The summed E-state index contributed by atoms with van der Waals surface area (Å²) in [6.07, 6.45) is 0. The van der Waals surface area contributed by atoms with Gasteiger partial charge in [0, 0.05) is 5.37 Å². The van der Waals surface area contributed by atoms with Crippen molar-refractivity contribution in [1.82, 2.24) is 0 Å². The van der Waals surface area contributed by atoms with Crippen LogP contribution in [0.15, 0.2) is 18.2 Å². The molecule has 1 aromatic carbocycles. The van der Waals surface area contributed by atoms with E-state index in [1.807, 2.05) is 12.1 Å². The standard InChI is InChI=1S/C9H4N2S/c10-4-7-1-8(5-11)3-9(2-7)6-12/h1-3,6H. The number of thiocarbonyl (C=S) groups is 1. The summed E-state index contributed by atoms with van der Waals surface area (Å²) in [5, 5.41) is 18.6. The van der Waals surface area contributed by atoms with Crippen LogP contribution in [0, 0.1) is 22.7 Å². The molecular formula is C9H4N2S. The fraction of sp³-hybridized carbons (Fsp3) is 0. The van der Waals surface area contributed by atoms with Crippen LogP contribution in [0.2, 0.25) is 0 Å². The van der Waals surface area contributed by atoms with Gasteiger partial charge in [-0.3, -0.25) is 0 Å². The third-order valence-corrected chi connectivity index (χ3v) is 1.62. The fourth-order valence-electron chi connectivity index (χ4n) is 0.849. The number of benzene rings is 1. The van der Waals surface area contributed by atoms with E-state index in [0.717, 1.165) is 5.56 Å². The second-order valence-electron chi connectivity index (χ2n) is 2.19. The van der Waals surface area contributed by atoms with E-state index in [9.17, 15) is 0 Å². The van der Waals surface area contributed by atoms with E-state index in [0.29, 0.717) is 11.1 Å². The maximum absolute atomic E-state index is 8.57. The largest absolute Gasteiger partial charge is 0.192 e. The van der Waals surface area contributed by atoms with Gasteiger partial charge in [0.15, 0.2) is 0 Å². The molecule has 0 radical (unpaired) electrons. The van der Waals surface area contributed by atoms with Crippen molar-refractivity contribution in [2.45, 2.75) is 0 Å². The Morgan fingerprint density at radius 3 is 1.92 bits per heavy atom. The van der Waals surface area contributed by atoms with Gasteiger partial charge in [0.1, 0.15) is 0 Å². The molecule has 1 aromatic rings. The maximum atomic E-state index is 8.57. The average Bonchev–Trinajstić information content (AvgIpc) is 2.16. The maximum Gasteiger partial charge on any atom is 0.0992 e. The predicted octanol–water partition coefficient (Wildman–Crippen LogP) is 1.78. The quantitative estimate of drug-likeness (QED) is 0.606. The zero-order valence-electron chi connectivity index (χ0n) is 6.11. The van der Waals surface area contributed by atoms with E-state index in [2.05, 4.69) is 12.2 Å². The zero-order valence-corrected chi connectivity index (χ0v) is 6.93. The van der Waals surface area contributed by atoms with Gasteiger partial charge < -0.3 is 0 Å². The molecule has 0 unspecified atom stereocenters. The highest BCUT2D eigenvalue weighted by molar-refractivity contribution is 7.79. The van der Waals surface area contributed by atoms with Crippen LogP contribution in [0.5, 0.6) is 0 Å². The monoisotopic (exact) mass is 172 g/mol. The molecule has 12 heavy (non-hydrogen) atoms. The van der Waals surface area contributed by atoms with E-state index >= 15 is 0 Å². The van der Waals surface area contributed by atoms with E-state index in [1.165, 1.54) is 11.4 Å².